The van der Waals surface area contributed by atoms with Crippen molar-refractivity contribution in [2.24, 2.45) is 0 Å². The van der Waals surface area contributed by atoms with Crippen LogP contribution in [-0.2, 0) is 14.3 Å². The van der Waals surface area contributed by atoms with E-state index in [0.29, 0.717) is 11.4 Å². The zero-order chi connectivity index (χ0) is 18.2. The molecule has 132 valence electrons. The molecule has 4 nitrogen and oxygen atoms in total. The summed E-state index contributed by atoms with van der Waals surface area (Å²) in [6.45, 7) is 3.47. The predicted molar refractivity (Wildman–Crippen MR) is 98.4 cm³/mol. The Labute approximate surface area is 153 Å². The highest BCUT2D eigenvalue weighted by molar-refractivity contribution is 6.30. The number of halogens is 1. The highest BCUT2D eigenvalue weighted by Crippen LogP contribution is 2.21. The number of rotatable bonds is 7. The minimum Gasteiger partial charge on any atom is -0.455 e. The SMILES string of the molecule is CC[C@@H](C(=O)OCC(=O)N[C@H](C)c1cccc(Cl)c1)c1ccccc1. The first-order valence-corrected chi connectivity index (χ1v) is 8.65. The molecule has 0 bridgehead atoms. The molecule has 2 aromatic rings. The van der Waals surface area contributed by atoms with Gasteiger partial charge in [0.2, 0.25) is 0 Å². The molecule has 0 aromatic heterocycles. The quantitative estimate of drug-likeness (QED) is 0.752. The monoisotopic (exact) mass is 359 g/mol. The average Bonchev–Trinajstić information content (AvgIpc) is 2.61. The average molecular weight is 360 g/mol. The van der Waals surface area contributed by atoms with Gasteiger partial charge in [-0.25, -0.2) is 0 Å². The second kappa shape index (κ2) is 9.23. The highest BCUT2D eigenvalue weighted by Gasteiger charge is 2.21. The normalized spacial score (nSPS) is 12.9. The van der Waals surface area contributed by atoms with Crippen molar-refractivity contribution in [3.63, 3.8) is 0 Å². The number of amides is 1. The lowest BCUT2D eigenvalue weighted by Crippen LogP contribution is -2.32. The topological polar surface area (TPSA) is 55.4 Å². The van der Waals surface area contributed by atoms with Gasteiger partial charge in [-0.1, -0.05) is 61.0 Å². The number of benzene rings is 2. The summed E-state index contributed by atoms with van der Waals surface area (Å²) in [5.74, 6) is -1.10. The number of nitrogens with one attached hydrogen (secondary N) is 1. The maximum Gasteiger partial charge on any atom is 0.313 e. The van der Waals surface area contributed by atoms with Crippen molar-refractivity contribution in [2.75, 3.05) is 6.61 Å². The van der Waals surface area contributed by atoms with Crippen molar-refractivity contribution in [2.45, 2.75) is 32.2 Å². The second-order valence-corrected chi connectivity index (χ2v) is 6.26. The van der Waals surface area contributed by atoms with Crippen LogP contribution in [0.5, 0.6) is 0 Å². The Morgan fingerprint density at radius 3 is 2.40 bits per heavy atom. The van der Waals surface area contributed by atoms with E-state index in [2.05, 4.69) is 5.32 Å². The van der Waals surface area contributed by atoms with E-state index in [4.69, 9.17) is 16.3 Å². The summed E-state index contributed by atoms with van der Waals surface area (Å²) in [5.41, 5.74) is 1.78. The zero-order valence-electron chi connectivity index (χ0n) is 14.4. The van der Waals surface area contributed by atoms with Crippen molar-refractivity contribution in [3.05, 3.63) is 70.7 Å². The van der Waals surface area contributed by atoms with Crippen LogP contribution in [0.1, 0.15) is 43.4 Å². The number of carbonyl (C=O) groups is 2. The number of carbonyl (C=O) groups excluding carboxylic acids is 2. The standard InChI is InChI=1S/C20H22ClNO3/c1-3-18(15-8-5-4-6-9-15)20(24)25-13-19(23)22-14(2)16-10-7-11-17(21)12-16/h4-12,14,18H,3,13H2,1-2H3,(H,22,23)/t14-,18-/m1/s1. The van der Waals surface area contributed by atoms with E-state index in [9.17, 15) is 9.59 Å². The molecule has 0 aliphatic rings. The van der Waals surface area contributed by atoms with Crippen LogP contribution in [-0.4, -0.2) is 18.5 Å². The molecule has 2 atom stereocenters. The maximum atomic E-state index is 12.3. The third kappa shape index (κ3) is 5.61. The summed E-state index contributed by atoms with van der Waals surface area (Å²) < 4.78 is 5.19. The molecule has 2 aromatic carbocycles. The molecule has 25 heavy (non-hydrogen) atoms. The van der Waals surface area contributed by atoms with Crippen molar-refractivity contribution >= 4 is 23.5 Å². The number of esters is 1. The van der Waals surface area contributed by atoms with E-state index >= 15 is 0 Å². The third-order valence-electron chi connectivity index (χ3n) is 3.97. The largest absolute Gasteiger partial charge is 0.455 e. The molecule has 2 rings (SSSR count). The van der Waals surface area contributed by atoms with Gasteiger partial charge in [-0.15, -0.1) is 0 Å². The minimum atomic E-state index is -0.390. The van der Waals surface area contributed by atoms with Crippen molar-refractivity contribution < 1.29 is 14.3 Å². The molecule has 0 spiro atoms. The fourth-order valence-corrected chi connectivity index (χ4v) is 2.80. The first-order chi connectivity index (χ1) is 12.0. The lowest BCUT2D eigenvalue weighted by atomic mass is 9.97. The maximum absolute atomic E-state index is 12.3. The molecule has 1 N–H and O–H groups in total. The van der Waals surface area contributed by atoms with E-state index in [1.807, 2.05) is 56.3 Å². The Hall–Kier alpha value is -2.33. The predicted octanol–water partition coefficient (Wildman–Crippen LogP) is 4.25. The highest BCUT2D eigenvalue weighted by atomic mass is 35.5. The fraction of sp³-hybridized carbons (Fsp3) is 0.300. The van der Waals surface area contributed by atoms with Crippen molar-refractivity contribution in [1.29, 1.82) is 0 Å². The van der Waals surface area contributed by atoms with E-state index < -0.39 is 0 Å². The van der Waals surface area contributed by atoms with E-state index in [0.717, 1.165) is 11.1 Å². The summed E-state index contributed by atoms with van der Waals surface area (Å²) >= 11 is 5.96. The Kier molecular flexibility index (Phi) is 7.02. The van der Waals surface area contributed by atoms with Gasteiger partial charge in [-0.2, -0.15) is 0 Å². The van der Waals surface area contributed by atoms with Gasteiger partial charge in [-0.05, 0) is 36.6 Å². The van der Waals surface area contributed by atoms with Crippen LogP contribution < -0.4 is 5.32 Å². The van der Waals surface area contributed by atoms with Gasteiger partial charge in [0, 0.05) is 5.02 Å². The van der Waals surface area contributed by atoms with Crippen LogP contribution in [0, 0.1) is 0 Å². The Balaban J connectivity index is 1.87. The van der Waals surface area contributed by atoms with E-state index in [1.165, 1.54) is 0 Å². The van der Waals surface area contributed by atoms with Gasteiger partial charge in [0.05, 0.1) is 12.0 Å². The number of hydrogen-bond acceptors (Lipinski definition) is 3. The second-order valence-electron chi connectivity index (χ2n) is 5.82. The Bertz CT molecular complexity index is 718. The molecule has 0 aliphatic carbocycles. The van der Waals surface area contributed by atoms with Gasteiger partial charge in [0.1, 0.15) is 0 Å². The smallest absolute Gasteiger partial charge is 0.313 e. The molecule has 0 saturated carbocycles. The van der Waals surface area contributed by atoms with Gasteiger partial charge in [-0.3, -0.25) is 9.59 Å². The lowest BCUT2D eigenvalue weighted by molar-refractivity contribution is -0.150. The Morgan fingerprint density at radius 2 is 1.76 bits per heavy atom. The molecule has 1 amide bonds. The van der Waals surface area contributed by atoms with Crippen LogP contribution in [0.3, 0.4) is 0 Å². The Morgan fingerprint density at radius 1 is 1.08 bits per heavy atom. The summed E-state index contributed by atoms with van der Waals surface area (Å²) in [6.07, 6.45) is 0.614. The summed E-state index contributed by atoms with van der Waals surface area (Å²) in [6, 6.07) is 16.5. The van der Waals surface area contributed by atoms with Crippen LogP contribution >= 0.6 is 11.6 Å². The first-order valence-electron chi connectivity index (χ1n) is 8.27. The van der Waals surface area contributed by atoms with E-state index in [1.54, 1.807) is 12.1 Å². The van der Waals surface area contributed by atoms with Gasteiger partial charge in [0.15, 0.2) is 6.61 Å². The van der Waals surface area contributed by atoms with Crippen molar-refractivity contribution in [3.8, 4) is 0 Å². The molecular weight excluding hydrogens is 338 g/mol. The van der Waals surface area contributed by atoms with Crippen LogP contribution in [0.4, 0.5) is 0 Å². The number of hydrogen-bond donors (Lipinski definition) is 1. The minimum absolute atomic E-state index is 0.221. The number of ether oxygens (including phenoxy) is 1. The summed E-state index contributed by atoms with van der Waals surface area (Å²) in [5, 5.41) is 3.41. The summed E-state index contributed by atoms with van der Waals surface area (Å²) in [4.78, 5) is 24.3. The van der Waals surface area contributed by atoms with Crippen LogP contribution in [0.25, 0.3) is 0 Å². The van der Waals surface area contributed by atoms with E-state index in [-0.39, 0.29) is 30.4 Å². The third-order valence-corrected chi connectivity index (χ3v) is 4.20. The van der Waals surface area contributed by atoms with Crippen LogP contribution in [0.15, 0.2) is 54.6 Å². The molecule has 0 aliphatic heterocycles. The summed E-state index contributed by atoms with van der Waals surface area (Å²) in [7, 11) is 0. The molecule has 0 fully saturated rings. The van der Waals surface area contributed by atoms with Gasteiger partial charge in [0.25, 0.3) is 5.91 Å². The van der Waals surface area contributed by atoms with Crippen molar-refractivity contribution in [1.82, 2.24) is 5.32 Å². The zero-order valence-corrected chi connectivity index (χ0v) is 15.1. The lowest BCUT2D eigenvalue weighted by Gasteiger charge is -2.17. The molecule has 0 heterocycles. The van der Waals surface area contributed by atoms with Gasteiger partial charge < -0.3 is 10.1 Å². The fourth-order valence-electron chi connectivity index (χ4n) is 2.60. The molecule has 5 heteroatoms. The molecule has 0 saturated heterocycles. The molecule has 0 radical (unpaired) electrons. The first kappa shape index (κ1) is 19.0. The molecule has 0 unspecified atom stereocenters. The van der Waals surface area contributed by atoms with Crippen LogP contribution in [0.2, 0.25) is 5.02 Å². The molecular formula is C20H22ClNO3. The van der Waals surface area contributed by atoms with Gasteiger partial charge >= 0.3 is 5.97 Å².